The van der Waals surface area contributed by atoms with Crippen LogP contribution in [0.1, 0.15) is 96.5 Å². The van der Waals surface area contributed by atoms with E-state index in [9.17, 15) is 24.3 Å². The van der Waals surface area contributed by atoms with Crippen LogP contribution in [0.15, 0.2) is 60.8 Å². The lowest BCUT2D eigenvalue weighted by Gasteiger charge is -2.69. The van der Waals surface area contributed by atoms with Crippen LogP contribution in [-0.2, 0) is 33.8 Å². The molecule has 1 aliphatic heterocycles. The van der Waals surface area contributed by atoms with E-state index < -0.39 is 30.3 Å². The van der Waals surface area contributed by atoms with Crippen molar-refractivity contribution in [2.75, 3.05) is 37.0 Å². The van der Waals surface area contributed by atoms with Crippen molar-refractivity contribution in [3.8, 4) is 11.1 Å². The maximum atomic E-state index is 13.7. The number of carbonyl (C=O) groups excluding carboxylic acids is 2. The van der Waals surface area contributed by atoms with Crippen LogP contribution in [0, 0.1) is 23.2 Å². The number of nitrogens with one attached hydrogen (secondary N) is 1. The highest BCUT2D eigenvalue weighted by Crippen LogP contribution is 2.72. The molecule has 3 aromatic heterocycles. The molecule has 2 amide bonds. The van der Waals surface area contributed by atoms with Gasteiger partial charge in [-0.05, 0) is 110 Å². The van der Waals surface area contributed by atoms with Crippen LogP contribution in [-0.4, -0.2) is 97.0 Å². The summed E-state index contributed by atoms with van der Waals surface area (Å²) in [5, 5.41) is 28.1. The highest BCUT2D eigenvalue weighted by Gasteiger charge is 2.66. The molecule has 16 heteroatoms. The number of aromatic nitrogens is 4. The summed E-state index contributed by atoms with van der Waals surface area (Å²) in [4.78, 5) is 63.3. The van der Waals surface area contributed by atoms with Gasteiger partial charge < -0.3 is 30.5 Å². The standard InChI is InChI=1S/C47H54N8O7S/c1-28-32(19-49-55(28)27-46-22-44(2)21-45(3,23-46)25-47(24-44,26-46)62-17-16-53(4)41(59)34(48)18-38(56)57)30-12-13-37(51-39(30)42(60)61)54-15-14-29-8-7-9-31(33(29)20-54)40(58)52-43-50-35-10-5-6-11-36(35)63-43/h5-13,19,34H,14-18,20-27,48H2,1-4H3,(H,56,57)(H,60,61)(H,50,52,58)/t34-,44?,45?,46?,47?/m1/s1. The number of anilines is 2. The first-order valence-corrected chi connectivity index (χ1v) is 22.4. The molecule has 4 fully saturated rings. The Kier molecular flexibility index (Phi) is 10.7. The number of pyridine rings is 1. The summed E-state index contributed by atoms with van der Waals surface area (Å²) in [7, 11) is 1.63. The van der Waals surface area contributed by atoms with Gasteiger partial charge in [-0.15, -0.1) is 0 Å². The number of fused-ring (bicyclic) bond motifs is 2. The zero-order valence-electron chi connectivity index (χ0n) is 36.1. The lowest BCUT2D eigenvalue weighted by molar-refractivity contribution is -0.248. The number of ether oxygens (including phenoxy) is 1. The number of nitrogens with two attached hydrogens (primary N) is 1. The number of carboxylic acid groups (broad SMARTS) is 2. The van der Waals surface area contributed by atoms with Crippen LogP contribution in [0.3, 0.4) is 0 Å². The number of carbonyl (C=O) groups is 4. The van der Waals surface area contributed by atoms with E-state index in [4.69, 9.17) is 25.7 Å². The number of rotatable bonds is 14. The lowest BCUT2D eigenvalue weighted by atomic mass is 9.39. The smallest absolute Gasteiger partial charge is 0.355 e. The van der Waals surface area contributed by atoms with E-state index in [2.05, 4.69) is 24.1 Å². The van der Waals surface area contributed by atoms with Crippen LogP contribution < -0.4 is 16.0 Å². The van der Waals surface area contributed by atoms with Crippen LogP contribution in [0.5, 0.6) is 0 Å². The topological polar surface area (TPSA) is 206 Å². The van der Waals surface area contributed by atoms with E-state index >= 15 is 0 Å². The number of aromatic carboxylic acids is 1. The van der Waals surface area contributed by atoms with Gasteiger partial charge in [0, 0.05) is 55.6 Å². The Morgan fingerprint density at radius 1 is 0.952 bits per heavy atom. The van der Waals surface area contributed by atoms with E-state index in [0.29, 0.717) is 66.8 Å². The van der Waals surface area contributed by atoms with Crippen molar-refractivity contribution in [1.82, 2.24) is 24.6 Å². The van der Waals surface area contributed by atoms with Gasteiger partial charge in [0.15, 0.2) is 10.8 Å². The molecule has 3 atom stereocenters. The summed E-state index contributed by atoms with van der Waals surface area (Å²) in [5.41, 5.74) is 10.8. The Labute approximate surface area is 369 Å². The van der Waals surface area contributed by atoms with Crippen LogP contribution in [0.2, 0.25) is 0 Å². The highest BCUT2D eigenvalue weighted by atomic mass is 32.1. The molecule has 10 rings (SSSR count). The zero-order chi connectivity index (χ0) is 44.5. The van der Waals surface area contributed by atoms with Crippen molar-refractivity contribution < 1.29 is 34.1 Å². The molecular formula is C47H54N8O7S. The summed E-state index contributed by atoms with van der Waals surface area (Å²) in [5.74, 6) is -2.39. The van der Waals surface area contributed by atoms with Crippen molar-refractivity contribution in [3.05, 3.63) is 88.9 Å². The molecule has 4 bridgehead atoms. The number of nitrogens with zero attached hydrogens (tertiary/aromatic N) is 6. The molecule has 5 aromatic rings. The van der Waals surface area contributed by atoms with Crippen molar-refractivity contribution >= 4 is 56.3 Å². The molecule has 4 saturated carbocycles. The number of hydrogen-bond acceptors (Lipinski definition) is 11. The van der Waals surface area contributed by atoms with Crippen molar-refractivity contribution in [1.29, 1.82) is 0 Å². The van der Waals surface area contributed by atoms with Crippen LogP contribution >= 0.6 is 11.3 Å². The predicted molar refractivity (Wildman–Crippen MR) is 239 cm³/mol. The molecular weight excluding hydrogens is 821 g/mol. The van der Waals surface area contributed by atoms with Crippen molar-refractivity contribution in [3.63, 3.8) is 0 Å². The monoisotopic (exact) mass is 874 g/mol. The van der Waals surface area contributed by atoms with Gasteiger partial charge in [-0.2, -0.15) is 5.10 Å². The Bertz CT molecular complexity index is 2610. The number of hydrogen-bond donors (Lipinski definition) is 4. The van der Waals surface area contributed by atoms with Gasteiger partial charge in [0.05, 0.1) is 41.1 Å². The molecule has 330 valence electrons. The Balaban J connectivity index is 0.920. The molecule has 0 radical (unpaired) electrons. The molecule has 15 nitrogen and oxygen atoms in total. The molecule has 4 heterocycles. The van der Waals surface area contributed by atoms with Crippen LogP contribution in [0.4, 0.5) is 10.9 Å². The third-order valence-electron chi connectivity index (χ3n) is 13.9. The number of aliphatic carboxylic acids is 1. The molecule has 2 aromatic carbocycles. The van der Waals surface area contributed by atoms with Gasteiger partial charge in [0.25, 0.3) is 5.91 Å². The van der Waals surface area contributed by atoms with E-state index in [0.717, 1.165) is 65.6 Å². The van der Waals surface area contributed by atoms with Gasteiger partial charge >= 0.3 is 11.9 Å². The summed E-state index contributed by atoms with van der Waals surface area (Å²) in [6.07, 6.45) is 7.86. The minimum atomic E-state index is -1.13. The maximum absolute atomic E-state index is 13.7. The number of likely N-dealkylation sites (N-methyl/N-ethyl adjacent to an activating group) is 1. The van der Waals surface area contributed by atoms with Gasteiger partial charge in [0.2, 0.25) is 5.91 Å². The summed E-state index contributed by atoms with van der Waals surface area (Å²) in [6.45, 7) is 9.01. The average molecular weight is 875 g/mol. The fraction of sp³-hybridized carbons (Fsp3) is 0.468. The van der Waals surface area contributed by atoms with Gasteiger partial charge in [-0.1, -0.05) is 49.4 Å². The van der Waals surface area contributed by atoms with E-state index in [1.807, 2.05) is 71.1 Å². The first kappa shape index (κ1) is 42.6. The third-order valence-corrected chi connectivity index (χ3v) is 14.8. The molecule has 2 unspecified atom stereocenters. The van der Waals surface area contributed by atoms with Gasteiger partial charge in [-0.25, -0.2) is 14.8 Å². The highest BCUT2D eigenvalue weighted by molar-refractivity contribution is 7.22. The minimum absolute atomic E-state index is 0.0580. The second-order valence-electron chi connectivity index (χ2n) is 19.4. The fourth-order valence-corrected chi connectivity index (χ4v) is 13.4. The summed E-state index contributed by atoms with van der Waals surface area (Å²) in [6, 6.07) is 16.1. The first-order valence-electron chi connectivity index (χ1n) is 21.6. The normalized spacial score (nSPS) is 25.2. The minimum Gasteiger partial charge on any atom is -0.481 e. The van der Waals surface area contributed by atoms with Crippen molar-refractivity contribution in [2.45, 2.75) is 96.9 Å². The second kappa shape index (κ2) is 15.8. The predicted octanol–water partition coefficient (Wildman–Crippen LogP) is 6.77. The average Bonchev–Trinajstić information content (AvgIpc) is 3.79. The Morgan fingerprint density at radius 3 is 2.44 bits per heavy atom. The van der Waals surface area contributed by atoms with E-state index in [-0.39, 0.29) is 33.4 Å². The molecule has 0 spiro atoms. The third kappa shape index (κ3) is 8.19. The van der Waals surface area contributed by atoms with Gasteiger partial charge in [-0.3, -0.25) is 24.4 Å². The largest absolute Gasteiger partial charge is 0.481 e. The zero-order valence-corrected chi connectivity index (χ0v) is 37.0. The van der Waals surface area contributed by atoms with Crippen LogP contribution in [0.25, 0.3) is 21.3 Å². The van der Waals surface area contributed by atoms with Crippen molar-refractivity contribution in [2.24, 2.45) is 22.0 Å². The lowest BCUT2D eigenvalue weighted by Crippen LogP contribution is -2.64. The molecule has 63 heavy (non-hydrogen) atoms. The quantitative estimate of drug-likeness (QED) is 0.0912. The summed E-state index contributed by atoms with van der Waals surface area (Å²) < 4.78 is 9.84. The number of para-hydroxylation sites is 1. The number of amides is 2. The fourth-order valence-electron chi connectivity index (χ4n) is 12.5. The summed E-state index contributed by atoms with van der Waals surface area (Å²) >= 11 is 1.42. The van der Waals surface area contributed by atoms with E-state index in [1.165, 1.54) is 16.2 Å². The maximum Gasteiger partial charge on any atom is 0.355 e. The second-order valence-corrected chi connectivity index (χ2v) is 20.4. The first-order chi connectivity index (χ1) is 29.9. The Hall–Kier alpha value is -5.71. The Morgan fingerprint density at radius 2 is 1.71 bits per heavy atom. The molecule has 5 N–H and O–H groups in total. The van der Waals surface area contributed by atoms with Gasteiger partial charge in [0.1, 0.15) is 5.82 Å². The number of thiazole rings is 1. The van der Waals surface area contributed by atoms with E-state index in [1.54, 1.807) is 13.2 Å². The number of benzene rings is 2. The molecule has 4 aliphatic carbocycles. The number of carboxylic acids is 2. The molecule has 5 aliphatic rings. The SMILES string of the molecule is Cc1c(-c2ccc(N3CCc4cccc(C(=O)Nc5nc6ccccc6s5)c4C3)nc2C(=O)O)cnn1CC12CC3(C)CC(C)(C1)CC(OCCN(C)C(=O)[C@H](N)CC(=O)O)(C3)C2. The molecule has 0 saturated heterocycles.